The number of oxime groups is 1. The third-order valence-electron chi connectivity index (χ3n) is 3.99. The zero-order valence-corrected chi connectivity index (χ0v) is 16.9. The van der Waals surface area contributed by atoms with Crippen molar-refractivity contribution in [3.05, 3.63) is 22.5 Å². The number of anilines is 1. The highest BCUT2D eigenvalue weighted by atomic mass is 32.2. The number of thioether (sulfide) groups is 1. The zero-order valence-electron chi connectivity index (χ0n) is 15.2. The van der Waals surface area contributed by atoms with Crippen molar-refractivity contribution in [3.63, 3.8) is 0 Å². The zero-order chi connectivity index (χ0) is 22.0. The van der Waals surface area contributed by atoms with E-state index in [0.29, 0.717) is 0 Å². The molecule has 2 amide bonds. The summed E-state index contributed by atoms with van der Waals surface area (Å²) in [6.07, 6.45) is 0. The molecule has 1 unspecified atom stereocenters. The van der Waals surface area contributed by atoms with E-state index in [1.807, 2.05) is 0 Å². The van der Waals surface area contributed by atoms with Gasteiger partial charge in [-0.25, -0.2) is 14.6 Å². The predicted molar refractivity (Wildman–Crippen MR) is 103 cm³/mol. The van der Waals surface area contributed by atoms with Gasteiger partial charge >= 0.3 is 11.9 Å². The molecule has 0 bridgehead atoms. The number of β-lactam (4-membered cyclic amide) rings is 1. The number of hydrogen-bond acceptors (Lipinski definition) is 11. The quantitative estimate of drug-likeness (QED) is 0.210. The highest BCUT2D eigenvalue weighted by molar-refractivity contribution is 8.00. The fourth-order valence-corrected chi connectivity index (χ4v) is 4.57. The lowest BCUT2D eigenvalue weighted by atomic mass is 10.0. The number of carboxylic acid groups (broad SMARTS) is 2. The molecule has 1 aromatic heterocycles. The van der Waals surface area contributed by atoms with Crippen LogP contribution in [0.2, 0.25) is 0 Å². The molecule has 2 aliphatic rings. The van der Waals surface area contributed by atoms with Crippen LogP contribution in [0.1, 0.15) is 5.69 Å². The highest BCUT2D eigenvalue weighted by Gasteiger charge is 2.55. The number of nitrogens with two attached hydrogens (primary N) is 1. The summed E-state index contributed by atoms with van der Waals surface area (Å²) >= 11 is 2.24. The number of carboxylic acids is 2. The molecular weight excluding hydrogens is 442 g/mol. The highest BCUT2D eigenvalue weighted by Crippen LogP contribution is 2.40. The normalized spacial score (nSPS) is 20.9. The molecule has 5 N–H and O–H groups in total. The van der Waals surface area contributed by atoms with Gasteiger partial charge in [0.05, 0.1) is 12.9 Å². The van der Waals surface area contributed by atoms with E-state index in [-0.39, 0.29) is 33.7 Å². The van der Waals surface area contributed by atoms with E-state index in [4.69, 9.17) is 15.6 Å². The SMILES string of the molecule is COC1=C(C(=O)O)N2C(=O)C(NC(=O)/C(=N\OCC(=O)O)c3csc(N)n3)[C@H]2SC1. The summed E-state index contributed by atoms with van der Waals surface area (Å²) in [7, 11) is 1.31. The fraction of sp³-hybridized carbons (Fsp3) is 0.333. The largest absolute Gasteiger partial charge is 0.498 e. The van der Waals surface area contributed by atoms with Crippen LogP contribution in [0.25, 0.3) is 0 Å². The summed E-state index contributed by atoms with van der Waals surface area (Å²) in [6.45, 7) is -0.794. The van der Waals surface area contributed by atoms with Crippen molar-refractivity contribution in [1.29, 1.82) is 0 Å². The summed E-state index contributed by atoms with van der Waals surface area (Å²) in [5.74, 6) is -3.79. The first kappa shape index (κ1) is 21.4. The Hall–Kier alpha value is -3.33. The maximum absolute atomic E-state index is 12.7. The third-order valence-corrected chi connectivity index (χ3v) is 5.92. The van der Waals surface area contributed by atoms with Crippen LogP contribution in [0.5, 0.6) is 0 Å². The molecular formula is C15H15N5O8S2. The number of nitrogen functional groups attached to an aromatic ring is 1. The summed E-state index contributed by atoms with van der Waals surface area (Å²) in [5, 5.41) is 24.9. The molecule has 0 aliphatic carbocycles. The molecule has 2 aliphatic heterocycles. The number of thiazole rings is 1. The standard InChI is InChI=1S/C15H15N5O8S2/c1-27-6-4-29-13-9(12(24)20(13)10(6)14(25)26)18-11(23)8(19-28-2-7(21)22)5-3-30-15(16)17-5/h3,9,13H,2,4H2,1H3,(H2,16,17)(H,18,23)(H,21,22)(H,25,26)/b19-8-/t9?,13-/m1/s1. The lowest BCUT2D eigenvalue weighted by Crippen LogP contribution is -2.71. The average Bonchev–Trinajstić information content (AvgIpc) is 3.13. The van der Waals surface area contributed by atoms with Crippen LogP contribution >= 0.6 is 23.1 Å². The number of methoxy groups -OCH3 is 1. The minimum atomic E-state index is -1.32. The molecule has 1 fully saturated rings. The van der Waals surface area contributed by atoms with Crippen LogP contribution in [-0.2, 0) is 28.8 Å². The molecule has 160 valence electrons. The first-order valence-electron chi connectivity index (χ1n) is 8.13. The minimum absolute atomic E-state index is 0.0353. The van der Waals surface area contributed by atoms with Crippen LogP contribution in [0, 0.1) is 0 Å². The topological polar surface area (TPSA) is 194 Å². The van der Waals surface area contributed by atoms with Crippen molar-refractivity contribution in [3.8, 4) is 0 Å². The number of fused-ring (bicyclic) bond motifs is 1. The number of nitrogens with one attached hydrogen (secondary N) is 1. The molecule has 3 heterocycles. The Labute approximate surface area is 176 Å². The van der Waals surface area contributed by atoms with Gasteiger partial charge in [-0.1, -0.05) is 5.16 Å². The van der Waals surface area contributed by atoms with Gasteiger partial charge < -0.3 is 30.8 Å². The van der Waals surface area contributed by atoms with E-state index in [1.165, 1.54) is 24.3 Å². The number of nitrogens with zero attached hydrogens (tertiary/aromatic N) is 3. The summed E-state index contributed by atoms with van der Waals surface area (Å²) in [6, 6.07) is -1.03. The number of carbonyl (C=O) groups excluding carboxylic acids is 2. The summed E-state index contributed by atoms with van der Waals surface area (Å²) in [4.78, 5) is 57.0. The maximum atomic E-state index is 12.7. The lowest BCUT2D eigenvalue weighted by Gasteiger charge is -2.48. The van der Waals surface area contributed by atoms with Gasteiger partial charge in [0.15, 0.2) is 16.5 Å². The van der Waals surface area contributed by atoms with Crippen LogP contribution in [0.15, 0.2) is 22.0 Å². The van der Waals surface area contributed by atoms with Gasteiger partial charge in [0.25, 0.3) is 11.8 Å². The molecule has 1 saturated heterocycles. The van der Waals surface area contributed by atoms with Crippen molar-refractivity contribution in [2.75, 3.05) is 25.2 Å². The second-order valence-electron chi connectivity index (χ2n) is 5.82. The molecule has 0 aromatic carbocycles. The Morgan fingerprint density at radius 2 is 2.17 bits per heavy atom. The number of aromatic nitrogens is 1. The second kappa shape index (κ2) is 8.58. The van der Waals surface area contributed by atoms with E-state index in [0.717, 1.165) is 16.2 Å². The van der Waals surface area contributed by atoms with E-state index in [1.54, 1.807) is 0 Å². The van der Waals surface area contributed by atoms with Gasteiger partial charge in [-0.15, -0.1) is 23.1 Å². The predicted octanol–water partition coefficient (Wildman–Crippen LogP) is -1.13. The first-order valence-corrected chi connectivity index (χ1v) is 10.1. The molecule has 1 aromatic rings. The number of ether oxygens (including phenoxy) is 1. The molecule has 13 nitrogen and oxygen atoms in total. The van der Waals surface area contributed by atoms with Crippen molar-refractivity contribution in [2.24, 2.45) is 5.16 Å². The van der Waals surface area contributed by atoms with Gasteiger partial charge in [0, 0.05) is 5.38 Å². The van der Waals surface area contributed by atoms with Gasteiger partial charge in [-0.2, -0.15) is 0 Å². The molecule has 2 atom stereocenters. The van der Waals surface area contributed by atoms with Crippen molar-refractivity contribution >= 4 is 57.7 Å². The third kappa shape index (κ3) is 4.02. The first-order chi connectivity index (χ1) is 14.2. The van der Waals surface area contributed by atoms with Crippen LogP contribution in [-0.4, -0.2) is 80.4 Å². The number of carbonyl (C=O) groups is 4. The fourth-order valence-electron chi connectivity index (χ4n) is 2.71. The van der Waals surface area contributed by atoms with Crippen LogP contribution in [0.3, 0.4) is 0 Å². The van der Waals surface area contributed by atoms with Gasteiger partial charge in [0.1, 0.15) is 22.9 Å². The number of amides is 2. The summed E-state index contributed by atoms with van der Waals surface area (Å²) < 4.78 is 5.04. The Morgan fingerprint density at radius 3 is 2.73 bits per heavy atom. The number of aliphatic carboxylic acids is 2. The number of rotatable bonds is 8. The molecule has 0 spiro atoms. The average molecular weight is 457 g/mol. The Balaban J connectivity index is 1.79. The van der Waals surface area contributed by atoms with Gasteiger partial charge in [-0.05, 0) is 0 Å². The van der Waals surface area contributed by atoms with Gasteiger partial charge in [-0.3, -0.25) is 14.5 Å². The Bertz CT molecular complexity index is 974. The molecule has 0 saturated carbocycles. The molecule has 0 radical (unpaired) electrons. The minimum Gasteiger partial charge on any atom is -0.498 e. The van der Waals surface area contributed by atoms with Crippen molar-refractivity contribution in [2.45, 2.75) is 11.4 Å². The lowest BCUT2D eigenvalue weighted by molar-refractivity contribution is -0.150. The van der Waals surface area contributed by atoms with E-state index >= 15 is 0 Å². The second-order valence-corrected chi connectivity index (χ2v) is 7.81. The van der Waals surface area contributed by atoms with E-state index < -0.39 is 41.8 Å². The van der Waals surface area contributed by atoms with Gasteiger partial charge in [0.2, 0.25) is 6.61 Å². The number of hydrogen-bond donors (Lipinski definition) is 4. The Kier molecular flexibility index (Phi) is 6.12. The van der Waals surface area contributed by atoms with E-state index in [9.17, 15) is 24.3 Å². The smallest absolute Gasteiger partial charge is 0.356 e. The van der Waals surface area contributed by atoms with E-state index in [2.05, 4.69) is 20.3 Å². The van der Waals surface area contributed by atoms with Crippen LogP contribution < -0.4 is 11.1 Å². The van der Waals surface area contributed by atoms with Crippen molar-refractivity contribution in [1.82, 2.24) is 15.2 Å². The Morgan fingerprint density at radius 1 is 1.43 bits per heavy atom. The monoisotopic (exact) mass is 457 g/mol. The van der Waals surface area contributed by atoms with Crippen molar-refractivity contribution < 1.29 is 39.0 Å². The summed E-state index contributed by atoms with van der Waals surface area (Å²) in [5.41, 5.74) is 4.95. The van der Waals surface area contributed by atoms with Crippen LogP contribution in [0.4, 0.5) is 5.13 Å². The molecule has 15 heteroatoms. The molecule has 3 rings (SSSR count). The maximum Gasteiger partial charge on any atom is 0.356 e. The molecule has 30 heavy (non-hydrogen) atoms.